The molecule has 0 spiro atoms. The lowest BCUT2D eigenvalue weighted by Gasteiger charge is -2.39. The third kappa shape index (κ3) is 3.52. The average Bonchev–Trinajstić information content (AvgIpc) is 2.86. The summed E-state index contributed by atoms with van der Waals surface area (Å²) < 4.78 is 0. The number of likely N-dealkylation sites (tertiary alicyclic amines) is 1. The smallest absolute Gasteiger partial charge is 0.0926 e. The van der Waals surface area contributed by atoms with Gasteiger partial charge in [0.2, 0.25) is 0 Å². The predicted octanol–water partition coefficient (Wildman–Crippen LogP) is 0.469. The third-order valence-electron chi connectivity index (χ3n) is 3.60. The summed E-state index contributed by atoms with van der Waals surface area (Å²) in [5.74, 6) is 0. The average molecular weight is 271 g/mol. The molecule has 1 saturated heterocycles. The van der Waals surface area contributed by atoms with Crippen LogP contribution in [0, 0.1) is 0 Å². The molecular weight excluding hydrogens is 250 g/mol. The maximum atomic E-state index is 9.67. The van der Waals surface area contributed by atoms with Gasteiger partial charge in [-0.25, -0.2) is 0 Å². The molecule has 0 bridgehead atoms. The highest BCUT2D eigenvalue weighted by Gasteiger charge is 2.32. The summed E-state index contributed by atoms with van der Waals surface area (Å²) >= 11 is 1.70. The molecule has 0 radical (unpaired) electrons. The number of nitrogens with zero attached hydrogens (tertiary/aromatic N) is 1. The number of aryl methyl sites for hydroxylation is 1. The number of thiophene rings is 1. The van der Waals surface area contributed by atoms with Gasteiger partial charge >= 0.3 is 0 Å². The highest BCUT2D eigenvalue weighted by atomic mass is 32.1. The Morgan fingerprint density at radius 2 is 2.17 bits per heavy atom. The van der Waals surface area contributed by atoms with Crippen LogP contribution >= 0.6 is 11.3 Å². The van der Waals surface area contributed by atoms with Crippen LogP contribution in [-0.2, 0) is 6.42 Å². The van der Waals surface area contributed by atoms with E-state index in [1.54, 1.807) is 11.3 Å². The highest BCUT2D eigenvalue weighted by molar-refractivity contribution is 7.07. The molecule has 4 nitrogen and oxygen atoms in total. The summed E-state index contributed by atoms with van der Waals surface area (Å²) in [6.07, 6.45) is 1.10. The van der Waals surface area contributed by atoms with E-state index in [0.717, 1.165) is 19.4 Å². The molecule has 1 unspecified atom stereocenters. The van der Waals surface area contributed by atoms with Gasteiger partial charge in [-0.15, -0.1) is 0 Å². The van der Waals surface area contributed by atoms with Crippen LogP contribution in [0.15, 0.2) is 16.8 Å². The van der Waals surface area contributed by atoms with Crippen molar-refractivity contribution in [3.05, 3.63) is 22.4 Å². The molecule has 3 atom stereocenters. The molecule has 5 heteroatoms. The lowest BCUT2D eigenvalue weighted by molar-refractivity contribution is -0.0709. The van der Waals surface area contributed by atoms with Gasteiger partial charge in [-0.2, -0.15) is 11.3 Å². The summed E-state index contributed by atoms with van der Waals surface area (Å²) in [5, 5.41) is 32.8. The zero-order valence-electron chi connectivity index (χ0n) is 10.4. The first-order valence-corrected chi connectivity index (χ1v) is 7.37. The Morgan fingerprint density at radius 3 is 2.83 bits per heavy atom. The number of piperidine rings is 1. The van der Waals surface area contributed by atoms with Gasteiger partial charge in [-0.05, 0) is 48.2 Å². The Labute approximate surface area is 111 Å². The Morgan fingerprint density at radius 1 is 1.33 bits per heavy atom. The van der Waals surface area contributed by atoms with Crippen LogP contribution < -0.4 is 0 Å². The van der Waals surface area contributed by atoms with Crippen LogP contribution in [0.25, 0.3) is 0 Å². The summed E-state index contributed by atoms with van der Waals surface area (Å²) in [7, 11) is 0. The number of hydrogen-bond donors (Lipinski definition) is 3. The van der Waals surface area contributed by atoms with Gasteiger partial charge < -0.3 is 15.3 Å². The van der Waals surface area contributed by atoms with Crippen LogP contribution in [0.3, 0.4) is 0 Å². The van der Waals surface area contributed by atoms with Crippen molar-refractivity contribution in [3.8, 4) is 0 Å². The number of rotatable bonds is 5. The van der Waals surface area contributed by atoms with Crippen molar-refractivity contribution in [3.63, 3.8) is 0 Å². The van der Waals surface area contributed by atoms with Crippen molar-refractivity contribution in [1.29, 1.82) is 0 Å². The molecule has 1 aliphatic rings. The number of hydrogen-bond acceptors (Lipinski definition) is 5. The number of β-amino-alcohol motifs (C(OH)–C–C–N with tert-alkyl or cyclic N) is 1. The van der Waals surface area contributed by atoms with E-state index >= 15 is 0 Å². The molecule has 18 heavy (non-hydrogen) atoms. The van der Waals surface area contributed by atoms with E-state index in [1.807, 2.05) is 0 Å². The lowest BCUT2D eigenvalue weighted by atomic mass is 9.97. The Balaban J connectivity index is 1.79. The maximum absolute atomic E-state index is 9.67. The topological polar surface area (TPSA) is 63.9 Å². The Bertz CT molecular complexity index is 344. The lowest BCUT2D eigenvalue weighted by Crippen LogP contribution is -2.53. The minimum Gasteiger partial charge on any atom is -0.395 e. The Hall–Kier alpha value is -0.460. The van der Waals surface area contributed by atoms with E-state index in [9.17, 15) is 15.3 Å². The molecule has 102 valence electrons. The second-order valence-electron chi connectivity index (χ2n) is 4.94. The fourth-order valence-electron chi connectivity index (χ4n) is 2.48. The Kier molecular flexibility index (Phi) is 5.14. The quantitative estimate of drug-likeness (QED) is 0.728. The molecule has 1 aromatic heterocycles. The van der Waals surface area contributed by atoms with E-state index in [2.05, 4.69) is 21.7 Å². The summed E-state index contributed by atoms with van der Waals surface area (Å²) in [4.78, 5) is 2.09. The number of aliphatic hydroxyl groups excluding tert-OH is 3. The van der Waals surface area contributed by atoms with Gasteiger partial charge in [0.25, 0.3) is 0 Å². The predicted molar refractivity (Wildman–Crippen MR) is 71.7 cm³/mol. The second kappa shape index (κ2) is 6.63. The summed E-state index contributed by atoms with van der Waals surface area (Å²) in [6, 6.07) is 2.11. The molecule has 1 aliphatic heterocycles. The zero-order valence-corrected chi connectivity index (χ0v) is 11.2. The normalized spacial score (nSPS) is 29.6. The van der Waals surface area contributed by atoms with Crippen molar-refractivity contribution in [2.24, 2.45) is 0 Å². The first kappa shape index (κ1) is 14.0. The standard InChI is InChI=1S/C13H21NO3S/c15-8-11-6-12(16)13(17)7-14(11)4-1-2-10-3-5-18-9-10/h3,5,9,11-13,15-17H,1-2,4,6-8H2/t11-,12?,13+/m1/s1. The van der Waals surface area contributed by atoms with E-state index in [-0.39, 0.29) is 12.6 Å². The van der Waals surface area contributed by atoms with Gasteiger partial charge in [0.15, 0.2) is 0 Å². The monoisotopic (exact) mass is 271 g/mol. The van der Waals surface area contributed by atoms with Crippen LogP contribution in [0.5, 0.6) is 0 Å². The van der Waals surface area contributed by atoms with Gasteiger partial charge in [0.1, 0.15) is 0 Å². The fourth-order valence-corrected chi connectivity index (χ4v) is 3.18. The van der Waals surface area contributed by atoms with Gasteiger partial charge in [-0.3, -0.25) is 4.90 Å². The maximum Gasteiger partial charge on any atom is 0.0926 e. The van der Waals surface area contributed by atoms with Gasteiger partial charge in [0, 0.05) is 12.6 Å². The molecule has 0 amide bonds. The molecule has 2 rings (SSSR count). The first-order valence-electron chi connectivity index (χ1n) is 6.43. The van der Waals surface area contributed by atoms with Crippen LogP contribution in [0.1, 0.15) is 18.4 Å². The van der Waals surface area contributed by atoms with Crippen molar-refractivity contribution in [2.75, 3.05) is 19.7 Å². The molecule has 2 heterocycles. The van der Waals surface area contributed by atoms with E-state index in [0.29, 0.717) is 13.0 Å². The largest absolute Gasteiger partial charge is 0.395 e. The SMILES string of the molecule is OC[C@H]1CC(O)[C@@H](O)CN1CCCc1ccsc1. The number of aliphatic hydroxyl groups is 3. The highest BCUT2D eigenvalue weighted by Crippen LogP contribution is 2.19. The molecule has 3 N–H and O–H groups in total. The minimum absolute atomic E-state index is 0.0223. The van der Waals surface area contributed by atoms with Crippen molar-refractivity contribution < 1.29 is 15.3 Å². The van der Waals surface area contributed by atoms with Crippen molar-refractivity contribution in [1.82, 2.24) is 4.90 Å². The first-order chi connectivity index (χ1) is 8.70. The van der Waals surface area contributed by atoms with Gasteiger partial charge in [0.05, 0.1) is 18.8 Å². The van der Waals surface area contributed by atoms with E-state index in [4.69, 9.17) is 0 Å². The van der Waals surface area contributed by atoms with Crippen LogP contribution in [0.4, 0.5) is 0 Å². The zero-order chi connectivity index (χ0) is 13.0. The molecule has 0 saturated carbocycles. The fraction of sp³-hybridized carbons (Fsp3) is 0.692. The molecule has 0 aromatic carbocycles. The van der Waals surface area contributed by atoms with Gasteiger partial charge in [-0.1, -0.05) is 0 Å². The van der Waals surface area contributed by atoms with Crippen LogP contribution in [0.2, 0.25) is 0 Å². The summed E-state index contributed by atoms with van der Waals surface area (Å²) in [6.45, 7) is 1.35. The molecular formula is C13H21NO3S. The second-order valence-corrected chi connectivity index (χ2v) is 5.72. The summed E-state index contributed by atoms with van der Waals surface area (Å²) in [5.41, 5.74) is 1.35. The van der Waals surface area contributed by atoms with E-state index < -0.39 is 12.2 Å². The minimum atomic E-state index is -0.699. The van der Waals surface area contributed by atoms with Crippen molar-refractivity contribution in [2.45, 2.75) is 37.5 Å². The van der Waals surface area contributed by atoms with Crippen LogP contribution in [-0.4, -0.2) is 58.2 Å². The third-order valence-corrected chi connectivity index (χ3v) is 4.33. The molecule has 1 fully saturated rings. The molecule has 1 aromatic rings. The van der Waals surface area contributed by atoms with Crippen molar-refractivity contribution >= 4 is 11.3 Å². The molecule has 0 aliphatic carbocycles. The van der Waals surface area contributed by atoms with E-state index in [1.165, 1.54) is 5.56 Å².